The zero-order chi connectivity index (χ0) is 13.0. The summed E-state index contributed by atoms with van der Waals surface area (Å²) in [5.74, 6) is 1.38. The molecule has 1 aliphatic carbocycles. The maximum Gasteiger partial charge on any atom is 0.243 e. The van der Waals surface area contributed by atoms with Crippen LogP contribution >= 0.6 is 0 Å². The third-order valence-corrected chi connectivity index (χ3v) is 3.96. The molecule has 102 valence electrons. The van der Waals surface area contributed by atoms with Crippen LogP contribution in [0.2, 0.25) is 0 Å². The molecule has 0 aromatic carbocycles. The molecule has 1 atom stereocenters. The maximum atomic E-state index is 5.72. The first-order valence-electron chi connectivity index (χ1n) is 6.82. The largest absolute Gasteiger partial charge is 0.370 e. The molecule has 1 aliphatic rings. The van der Waals surface area contributed by atoms with Crippen molar-refractivity contribution in [1.82, 2.24) is 15.5 Å². The second-order valence-corrected chi connectivity index (χ2v) is 4.96. The molecule has 0 radical (unpaired) electrons. The van der Waals surface area contributed by atoms with Crippen molar-refractivity contribution in [1.29, 1.82) is 0 Å². The molecule has 5 nitrogen and oxygen atoms in total. The molecular formula is C13H23N3O2. The molecule has 1 N–H and O–H groups in total. The van der Waals surface area contributed by atoms with Crippen LogP contribution in [-0.2, 0) is 10.3 Å². The van der Waals surface area contributed by atoms with Crippen molar-refractivity contribution in [2.45, 2.75) is 57.1 Å². The number of ether oxygens (including phenoxy) is 1. The quantitative estimate of drug-likeness (QED) is 0.873. The van der Waals surface area contributed by atoms with Gasteiger partial charge in [-0.1, -0.05) is 31.3 Å². The summed E-state index contributed by atoms with van der Waals surface area (Å²) in [6.07, 6.45) is 6.50. The van der Waals surface area contributed by atoms with Gasteiger partial charge in [0.05, 0.1) is 6.04 Å². The normalized spacial score (nSPS) is 20.8. The Morgan fingerprint density at radius 2 is 2.11 bits per heavy atom. The van der Waals surface area contributed by atoms with E-state index in [4.69, 9.17) is 9.26 Å². The minimum Gasteiger partial charge on any atom is -0.370 e. The number of hydrogen-bond acceptors (Lipinski definition) is 5. The fraction of sp³-hybridized carbons (Fsp3) is 0.846. The summed E-state index contributed by atoms with van der Waals surface area (Å²) in [7, 11) is 3.65. The van der Waals surface area contributed by atoms with E-state index >= 15 is 0 Å². The number of hydrogen-bond donors (Lipinski definition) is 1. The molecule has 5 heteroatoms. The fourth-order valence-corrected chi connectivity index (χ4v) is 2.71. The summed E-state index contributed by atoms with van der Waals surface area (Å²) in [6, 6.07) is 0.128. The van der Waals surface area contributed by atoms with Gasteiger partial charge in [0, 0.05) is 7.11 Å². The van der Waals surface area contributed by atoms with Gasteiger partial charge in [0.1, 0.15) is 5.60 Å². The maximum absolute atomic E-state index is 5.72. The average Bonchev–Trinajstić information content (AvgIpc) is 2.91. The second kappa shape index (κ2) is 5.80. The summed E-state index contributed by atoms with van der Waals surface area (Å²) in [5, 5.41) is 7.33. The molecule has 2 rings (SSSR count). The van der Waals surface area contributed by atoms with Gasteiger partial charge in [-0.2, -0.15) is 4.98 Å². The van der Waals surface area contributed by atoms with Crippen molar-refractivity contribution >= 4 is 0 Å². The van der Waals surface area contributed by atoms with Crippen LogP contribution in [0.25, 0.3) is 0 Å². The number of nitrogens with one attached hydrogen (secondary N) is 1. The van der Waals surface area contributed by atoms with Crippen molar-refractivity contribution < 1.29 is 9.26 Å². The zero-order valence-corrected chi connectivity index (χ0v) is 11.5. The zero-order valence-electron chi connectivity index (χ0n) is 11.5. The molecule has 18 heavy (non-hydrogen) atoms. The van der Waals surface area contributed by atoms with Crippen LogP contribution < -0.4 is 5.32 Å². The molecule has 0 bridgehead atoms. The number of rotatable bonds is 5. The van der Waals surface area contributed by atoms with Gasteiger partial charge in [-0.25, -0.2) is 0 Å². The van der Waals surface area contributed by atoms with E-state index in [2.05, 4.69) is 22.4 Å². The van der Waals surface area contributed by atoms with Crippen molar-refractivity contribution in [3.05, 3.63) is 11.7 Å². The smallest absolute Gasteiger partial charge is 0.243 e. The molecule has 1 unspecified atom stereocenters. The first kappa shape index (κ1) is 13.5. The summed E-state index contributed by atoms with van der Waals surface area (Å²) in [6.45, 7) is 2.09. The fourth-order valence-electron chi connectivity index (χ4n) is 2.71. The van der Waals surface area contributed by atoms with E-state index in [1.54, 1.807) is 7.11 Å². The molecule has 0 spiro atoms. The van der Waals surface area contributed by atoms with Gasteiger partial charge in [0.25, 0.3) is 0 Å². The average molecular weight is 253 g/mol. The Balaban J connectivity index is 2.21. The molecule has 1 saturated carbocycles. The summed E-state index contributed by atoms with van der Waals surface area (Å²) < 4.78 is 11.1. The van der Waals surface area contributed by atoms with E-state index in [1.807, 2.05) is 7.05 Å². The van der Waals surface area contributed by atoms with E-state index in [9.17, 15) is 0 Å². The van der Waals surface area contributed by atoms with Crippen molar-refractivity contribution in [3.63, 3.8) is 0 Å². The van der Waals surface area contributed by atoms with Gasteiger partial charge in [0.15, 0.2) is 0 Å². The Morgan fingerprint density at radius 3 is 2.67 bits per heavy atom. The van der Waals surface area contributed by atoms with Gasteiger partial charge < -0.3 is 14.6 Å². The number of methoxy groups -OCH3 is 1. The first-order chi connectivity index (χ1) is 8.75. The highest BCUT2D eigenvalue weighted by atomic mass is 16.5. The highest BCUT2D eigenvalue weighted by Crippen LogP contribution is 2.38. The molecule has 1 aromatic rings. The van der Waals surface area contributed by atoms with Crippen molar-refractivity contribution in [2.75, 3.05) is 14.2 Å². The third kappa shape index (κ3) is 2.42. The topological polar surface area (TPSA) is 60.2 Å². The van der Waals surface area contributed by atoms with E-state index in [0.717, 1.165) is 19.3 Å². The molecule has 1 fully saturated rings. The van der Waals surface area contributed by atoms with Crippen LogP contribution in [0.3, 0.4) is 0 Å². The van der Waals surface area contributed by atoms with Crippen LogP contribution in [0.5, 0.6) is 0 Å². The molecule has 0 aliphatic heterocycles. The minimum atomic E-state index is -0.327. The monoisotopic (exact) mass is 253 g/mol. The Hall–Kier alpha value is -0.940. The Kier molecular flexibility index (Phi) is 4.35. The minimum absolute atomic E-state index is 0.128. The van der Waals surface area contributed by atoms with E-state index in [1.165, 1.54) is 19.3 Å². The molecule has 0 amide bonds. The predicted octanol–water partition coefficient (Wildman–Crippen LogP) is 2.55. The lowest BCUT2D eigenvalue weighted by Crippen LogP contribution is -2.32. The van der Waals surface area contributed by atoms with Crippen LogP contribution in [0.1, 0.15) is 63.2 Å². The number of nitrogens with zero attached hydrogens (tertiary/aromatic N) is 2. The lowest BCUT2D eigenvalue weighted by Gasteiger charge is -2.32. The van der Waals surface area contributed by atoms with Gasteiger partial charge in [0.2, 0.25) is 11.7 Å². The Morgan fingerprint density at radius 1 is 1.39 bits per heavy atom. The summed E-state index contributed by atoms with van der Waals surface area (Å²) >= 11 is 0. The van der Waals surface area contributed by atoms with Crippen molar-refractivity contribution in [3.8, 4) is 0 Å². The SMILES string of the molecule is CCC(NC)c1nc(C2(OC)CCCCC2)no1. The van der Waals surface area contributed by atoms with Gasteiger partial charge in [-0.15, -0.1) is 0 Å². The third-order valence-electron chi connectivity index (χ3n) is 3.96. The lowest BCUT2D eigenvalue weighted by molar-refractivity contribution is -0.0527. The van der Waals surface area contributed by atoms with Crippen LogP contribution in [-0.4, -0.2) is 24.3 Å². The van der Waals surface area contributed by atoms with E-state index in [-0.39, 0.29) is 11.6 Å². The van der Waals surface area contributed by atoms with Gasteiger partial charge in [-0.3, -0.25) is 0 Å². The number of aromatic nitrogens is 2. The standard InChI is InChI=1S/C13H23N3O2/c1-4-10(14-2)11-15-12(16-18-11)13(17-3)8-6-5-7-9-13/h10,14H,4-9H2,1-3H3. The summed E-state index contributed by atoms with van der Waals surface area (Å²) in [4.78, 5) is 4.55. The van der Waals surface area contributed by atoms with Crippen LogP contribution in [0.15, 0.2) is 4.52 Å². The molecule has 1 aromatic heterocycles. The van der Waals surface area contributed by atoms with Gasteiger partial charge in [-0.05, 0) is 26.3 Å². The second-order valence-electron chi connectivity index (χ2n) is 4.96. The molecule has 1 heterocycles. The predicted molar refractivity (Wildman–Crippen MR) is 68.2 cm³/mol. The Bertz CT molecular complexity index is 368. The lowest BCUT2D eigenvalue weighted by atomic mass is 9.84. The van der Waals surface area contributed by atoms with E-state index in [0.29, 0.717) is 11.7 Å². The molecular weight excluding hydrogens is 230 g/mol. The Labute approximate surface area is 108 Å². The molecule has 0 saturated heterocycles. The first-order valence-corrected chi connectivity index (χ1v) is 6.82. The van der Waals surface area contributed by atoms with E-state index < -0.39 is 0 Å². The van der Waals surface area contributed by atoms with Crippen molar-refractivity contribution in [2.24, 2.45) is 0 Å². The van der Waals surface area contributed by atoms with Gasteiger partial charge >= 0.3 is 0 Å². The summed E-state index contributed by atoms with van der Waals surface area (Å²) in [5.41, 5.74) is -0.327. The van der Waals surface area contributed by atoms with Crippen LogP contribution in [0, 0.1) is 0 Å². The highest BCUT2D eigenvalue weighted by molar-refractivity contribution is 5.04. The van der Waals surface area contributed by atoms with Crippen LogP contribution in [0.4, 0.5) is 0 Å². The highest BCUT2D eigenvalue weighted by Gasteiger charge is 2.38.